The second-order valence-corrected chi connectivity index (χ2v) is 1.90. The zero-order valence-electron chi connectivity index (χ0n) is 5.05. The molecule has 2 nitrogen and oxygen atoms in total. The molecule has 8 heavy (non-hydrogen) atoms. The van der Waals surface area contributed by atoms with Crippen molar-refractivity contribution in [3.05, 3.63) is 12.2 Å². The van der Waals surface area contributed by atoms with Crippen molar-refractivity contribution in [2.24, 2.45) is 0 Å². The summed E-state index contributed by atoms with van der Waals surface area (Å²) in [7, 11) is 1.72. The Hall–Kier alpha value is -0.340. The van der Waals surface area contributed by atoms with E-state index in [1.807, 2.05) is 0 Å². The van der Waals surface area contributed by atoms with Crippen molar-refractivity contribution in [3.63, 3.8) is 0 Å². The van der Waals surface area contributed by atoms with Gasteiger partial charge in [-0.05, 0) is 0 Å². The summed E-state index contributed by atoms with van der Waals surface area (Å²) in [6.07, 6.45) is 4.24. The Balaban J connectivity index is 2.16. The molecule has 0 radical (unpaired) electrons. The summed E-state index contributed by atoms with van der Waals surface area (Å²) in [5.74, 6) is 0. The lowest BCUT2D eigenvalue weighted by Crippen LogP contribution is -2.26. The van der Waals surface area contributed by atoms with Gasteiger partial charge in [-0.2, -0.15) is 0 Å². The van der Waals surface area contributed by atoms with Gasteiger partial charge in [-0.1, -0.05) is 12.2 Å². The molecule has 0 aromatic heterocycles. The van der Waals surface area contributed by atoms with E-state index in [4.69, 9.17) is 4.74 Å². The van der Waals surface area contributed by atoms with Gasteiger partial charge in [0.1, 0.15) is 0 Å². The van der Waals surface area contributed by atoms with Crippen molar-refractivity contribution in [3.8, 4) is 0 Å². The van der Waals surface area contributed by atoms with E-state index in [0.717, 1.165) is 13.2 Å². The highest BCUT2D eigenvalue weighted by Gasteiger charge is 2.04. The Morgan fingerprint density at radius 3 is 3.25 bits per heavy atom. The highest BCUT2D eigenvalue weighted by Crippen LogP contribution is 1.93. The average molecular weight is 113 g/mol. The SMILES string of the molecule is COC[C@H]1C=CCN1. The van der Waals surface area contributed by atoms with Crippen LogP contribution in [0.25, 0.3) is 0 Å². The molecule has 1 aliphatic rings. The van der Waals surface area contributed by atoms with Gasteiger partial charge in [-0.15, -0.1) is 0 Å². The van der Waals surface area contributed by atoms with Gasteiger partial charge in [0.25, 0.3) is 0 Å². The minimum absolute atomic E-state index is 0.458. The lowest BCUT2D eigenvalue weighted by atomic mass is 10.3. The third kappa shape index (κ3) is 1.32. The largest absolute Gasteiger partial charge is 0.383 e. The maximum atomic E-state index is 4.91. The normalized spacial score (nSPS) is 26.9. The van der Waals surface area contributed by atoms with Crippen molar-refractivity contribution in [2.45, 2.75) is 6.04 Å². The lowest BCUT2D eigenvalue weighted by molar-refractivity contribution is 0.184. The van der Waals surface area contributed by atoms with Crippen LogP contribution in [0.2, 0.25) is 0 Å². The predicted molar refractivity (Wildman–Crippen MR) is 32.8 cm³/mol. The quantitative estimate of drug-likeness (QED) is 0.515. The van der Waals surface area contributed by atoms with Gasteiger partial charge in [-0.25, -0.2) is 0 Å². The second-order valence-electron chi connectivity index (χ2n) is 1.90. The molecule has 0 saturated heterocycles. The van der Waals surface area contributed by atoms with Gasteiger partial charge < -0.3 is 10.1 Å². The van der Waals surface area contributed by atoms with Gasteiger partial charge in [-0.3, -0.25) is 0 Å². The topological polar surface area (TPSA) is 21.3 Å². The zero-order valence-corrected chi connectivity index (χ0v) is 5.05. The Morgan fingerprint density at radius 2 is 2.75 bits per heavy atom. The van der Waals surface area contributed by atoms with Crippen molar-refractivity contribution < 1.29 is 4.74 Å². The number of rotatable bonds is 2. The first-order chi connectivity index (χ1) is 3.93. The van der Waals surface area contributed by atoms with Gasteiger partial charge in [0, 0.05) is 19.7 Å². The molecule has 1 rings (SSSR count). The minimum Gasteiger partial charge on any atom is -0.383 e. The molecule has 1 heterocycles. The van der Waals surface area contributed by atoms with E-state index in [0.29, 0.717) is 6.04 Å². The van der Waals surface area contributed by atoms with E-state index in [9.17, 15) is 0 Å². The van der Waals surface area contributed by atoms with Gasteiger partial charge in [0.05, 0.1) is 6.61 Å². The molecule has 46 valence electrons. The van der Waals surface area contributed by atoms with Crippen LogP contribution in [-0.2, 0) is 4.74 Å². The van der Waals surface area contributed by atoms with Crippen LogP contribution in [0.5, 0.6) is 0 Å². The molecule has 0 aromatic rings. The van der Waals surface area contributed by atoms with Gasteiger partial charge >= 0.3 is 0 Å². The summed E-state index contributed by atoms with van der Waals surface area (Å²) in [6.45, 7) is 1.78. The van der Waals surface area contributed by atoms with Crippen LogP contribution >= 0.6 is 0 Å². The molecule has 0 bridgehead atoms. The maximum Gasteiger partial charge on any atom is 0.0651 e. The molecule has 1 aliphatic heterocycles. The first kappa shape index (κ1) is 5.79. The van der Waals surface area contributed by atoms with Crippen molar-refractivity contribution in [2.75, 3.05) is 20.3 Å². The summed E-state index contributed by atoms with van der Waals surface area (Å²) in [5.41, 5.74) is 0. The molecular formula is C6H11NO. The van der Waals surface area contributed by atoms with Crippen LogP contribution in [0.15, 0.2) is 12.2 Å². The third-order valence-electron chi connectivity index (χ3n) is 1.21. The molecule has 0 aliphatic carbocycles. The highest BCUT2D eigenvalue weighted by atomic mass is 16.5. The fourth-order valence-electron chi connectivity index (χ4n) is 0.814. The number of hydrogen-bond donors (Lipinski definition) is 1. The fourth-order valence-corrected chi connectivity index (χ4v) is 0.814. The summed E-state index contributed by atoms with van der Waals surface area (Å²) in [5, 5.41) is 3.22. The Kier molecular flexibility index (Phi) is 2.06. The Morgan fingerprint density at radius 1 is 1.88 bits per heavy atom. The van der Waals surface area contributed by atoms with E-state index in [2.05, 4.69) is 17.5 Å². The van der Waals surface area contributed by atoms with Crippen LogP contribution in [-0.4, -0.2) is 26.3 Å². The van der Waals surface area contributed by atoms with Crippen LogP contribution < -0.4 is 5.32 Å². The number of ether oxygens (including phenoxy) is 1. The third-order valence-corrected chi connectivity index (χ3v) is 1.21. The molecular weight excluding hydrogens is 102 g/mol. The minimum atomic E-state index is 0.458. The molecule has 0 unspecified atom stereocenters. The molecule has 0 amide bonds. The van der Waals surface area contributed by atoms with Crippen LogP contribution in [0, 0.1) is 0 Å². The molecule has 2 heteroatoms. The smallest absolute Gasteiger partial charge is 0.0651 e. The van der Waals surface area contributed by atoms with Crippen molar-refractivity contribution >= 4 is 0 Å². The monoisotopic (exact) mass is 113 g/mol. The van der Waals surface area contributed by atoms with Crippen LogP contribution in [0.4, 0.5) is 0 Å². The highest BCUT2D eigenvalue weighted by molar-refractivity contribution is 5.01. The summed E-state index contributed by atoms with van der Waals surface area (Å²) >= 11 is 0. The molecule has 0 saturated carbocycles. The van der Waals surface area contributed by atoms with E-state index in [1.165, 1.54) is 0 Å². The number of methoxy groups -OCH3 is 1. The van der Waals surface area contributed by atoms with Crippen molar-refractivity contribution in [1.82, 2.24) is 5.32 Å². The maximum absolute atomic E-state index is 4.91. The lowest BCUT2D eigenvalue weighted by Gasteiger charge is -2.04. The molecule has 1 atom stereocenters. The Labute approximate surface area is 49.5 Å². The van der Waals surface area contributed by atoms with Crippen LogP contribution in [0.3, 0.4) is 0 Å². The average Bonchev–Trinajstić information content (AvgIpc) is 2.19. The zero-order chi connectivity index (χ0) is 5.82. The molecule has 1 N–H and O–H groups in total. The van der Waals surface area contributed by atoms with Gasteiger partial charge in [0.15, 0.2) is 0 Å². The number of hydrogen-bond acceptors (Lipinski definition) is 2. The molecule has 0 fully saturated rings. The standard InChI is InChI=1S/C6H11NO/c1-8-5-6-3-2-4-7-6/h2-3,6-7H,4-5H2,1H3/t6-/m1/s1. The fraction of sp³-hybridized carbons (Fsp3) is 0.667. The van der Waals surface area contributed by atoms with Gasteiger partial charge in [0.2, 0.25) is 0 Å². The summed E-state index contributed by atoms with van der Waals surface area (Å²) < 4.78 is 4.91. The van der Waals surface area contributed by atoms with E-state index in [1.54, 1.807) is 7.11 Å². The molecule has 0 aromatic carbocycles. The van der Waals surface area contributed by atoms with E-state index in [-0.39, 0.29) is 0 Å². The van der Waals surface area contributed by atoms with Crippen LogP contribution in [0.1, 0.15) is 0 Å². The second kappa shape index (κ2) is 2.84. The Bertz CT molecular complexity index is 90.5. The van der Waals surface area contributed by atoms with E-state index < -0.39 is 0 Å². The van der Waals surface area contributed by atoms with E-state index >= 15 is 0 Å². The first-order valence-corrected chi connectivity index (χ1v) is 2.82. The summed E-state index contributed by atoms with van der Waals surface area (Å²) in [6, 6.07) is 0.458. The molecule has 0 spiro atoms. The van der Waals surface area contributed by atoms with Crippen molar-refractivity contribution in [1.29, 1.82) is 0 Å². The first-order valence-electron chi connectivity index (χ1n) is 2.82. The summed E-state index contributed by atoms with van der Waals surface area (Å²) in [4.78, 5) is 0. The predicted octanol–water partition coefficient (Wildman–Crippen LogP) is 0.161. The number of nitrogens with one attached hydrogen (secondary N) is 1.